The van der Waals surface area contributed by atoms with Crippen molar-refractivity contribution in [2.24, 2.45) is 0 Å². The normalized spacial score (nSPS) is 10.4. The van der Waals surface area contributed by atoms with Gasteiger partial charge in [0.1, 0.15) is 17.8 Å². The lowest BCUT2D eigenvalue weighted by Gasteiger charge is -2.10. The van der Waals surface area contributed by atoms with Crippen LogP contribution in [0.15, 0.2) is 35.1 Å². The highest BCUT2D eigenvalue weighted by Gasteiger charge is 2.09. The maximum Gasteiger partial charge on any atom is 0.270 e. The van der Waals surface area contributed by atoms with E-state index >= 15 is 0 Å². The molecule has 0 saturated carbocycles. The number of aryl methyl sites for hydroxylation is 1. The van der Waals surface area contributed by atoms with Gasteiger partial charge in [0.25, 0.3) is 5.91 Å². The first-order valence-electron chi connectivity index (χ1n) is 7.73. The van der Waals surface area contributed by atoms with Crippen molar-refractivity contribution in [3.63, 3.8) is 0 Å². The Morgan fingerprint density at radius 1 is 1.22 bits per heavy atom. The van der Waals surface area contributed by atoms with Crippen LogP contribution in [0.2, 0.25) is 0 Å². The van der Waals surface area contributed by atoms with Gasteiger partial charge in [-0.1, -0.05) is 35.7 Å². The quantitative estimate of drug-likeness (QED) is 0.710. The number of carbonyl (C=O) groups is 1. The van der Waals surface area contributed by atoms with Crippen molar-refractivity contribution in [3.8, 4) is 0 Å². The van der Waals surface area contributed by atoms with Crippen molar-refractivity contribution in [1.29, 1.82) is 0 Å². The van der Waals surface area contributed by atoms with E-state index in [-0.39, 0.29) is 5.91 Å². The summed E-state index contributed by atoms with van der Waals surface area (Å²) in [7, 11) is 0. The molecule has 2 aromatic rings. The Kier molecular flexibility index (Phi) is 6.52. The van der Waals surface area contributed by atoms with E-state index in [2.05, 4.69) is 43.5 Å². The van der Waals surface area contributed by atoms with Crippen LogP contribution < -0.4 is 10.6 Å². The lowest BCUT2D eigenvalue weighted by molar-refractivity contribution is 0.0948. The fourth-order valence-corrected chi connectivity index (χ4v) is 2.60. The average Bonchev–Trinajstić information content (AvgIpc) is 2.54. The SMILES string of the molecule is CCCCCNC(=O)c1cc(Nc2ccc(Br)cc2C)ncn1. The van der Waals surface area contributed by atoms with Crippen molar-refractivity contribution in [1.82, 2.24) is 15.3 Å². The molecule has 0 aliphatic heterocycles. The summed E-state index contributed by atoms with van der Waals surface area (Å²) in [6.07, 6.45) is 4.62. The maximum atomic E-state index is 12.1. The number of nitrogens with zero attached hydrogens (tertiary/aromatic N) is 2. The summed E-state index contributed by atoms with van der Waals surface area (Å²) in [5, 5.41) is 6.10. The minimum atomic E-state index is -0.168. The van der Waals surface area contributed by atoms with E-state index in [9.17, 15) is 4.79 Å². The molecule has 0 spiro atoms. The fraction of sp³-hybridized carbons (Fsp3) is 0.353. The molecule has 2 rings (SSSR count). The zero-order valence-corrected chi connectivity index (χ0v) is 15.0. The molecule has 1 heterocycles. The monoisotopic (exact) mass is 376 g/mol. The number of benzene rings is 1. The predicted octanol–water partition coefficient (Wildman–Crippen LogP) is 4.21. The van der Waals surface area contributed by atoms with Gasteiger partial charge >= 0.3 is 0 Å². The number of halogens is 1. The smallest absolute Gasteiger partial charge is 0.270 e. The highest BCUT2D eigenvalue weighted by Crippen LogP contribution is 2.22. The Balaban J connectivity index is 2.03. The van der Waals surface area contributed by atoms with Crippen molar-refractivity contribution in [2.75, 3.05) is 11.9 Å². The number of rotatable bonds is 7. The summed E-state index contributed by atoms with van der Waals surface area (Å²) >= 11 is 3.44. The molecule has 0 fully saturated rings. The second-order valence-electron chi connectivity index (χ2n) is 5.34. The molecule has 0 unspecified atom stereocenters. The predicted molar refractivity (Wildman–Crippen MR) is 96.1 cm³/mol. The number of anilines is 2. The van der Waals surface area contributed by atoms with Crippen LogP contribution in [0.1, 0.15) is 42.2 Å². The number of hydrogen-bond acceptors (Lipinski definition) is 4. The number of amides is 1. The number of carbonyl (C=O) groups excluding carboxylic acids is 1. The first-order chi connectivity index (χ1) is 11.1. The maximum absolute atomic E-state index is 12.1. The van der Waals surface area contributed by atoms with E-state index in [4.69, 9.17) is 0 Å². The number of aromatic nitrogens is 2. The van der Waals surface area contributed by atoms with Crippen LogP contribution >= 0.6 is 15.9 Å². The summed E-state index contributed by atoms with van der Waals surface area (Å²) in [6.45, 7) is 4.81. The molecule has 2 N–H and O–H groups in total. The third-order valence-corrected chi connectivity index (χ3v) is 3.91. The molecule has 0 aliphatic carbocycles. The van der Waals surface area contributed by atoms with Gasteiger partial charge < -0.3 is 10.6 Å². The third-order valence-electron chi connectivity index (χ3n) is 3.42. The van der Waals surface area contributed by atoms with E-state index in [0.717, 1.165) is 35.0 Å². The molecule has 6 heteroatoms. The largest absolute Gasteiger partial charge is 0.351 e. The summed E-state index contributed by atoms with van der Waals surface area (Å²) in [5.41, 5.74) is 2.40. The van der Waals surface area contributed by atoms with Gasteiger partial charge in [-0.15, -0.1) is 0 Å². The van der Waals surface area contributed by atoms with Gasteiger partial charge in [-0.25, -0.2) is 9.97 Å². The molecular weight excluding hydrogens is 356 g/mol. The van der Waals surface area contributed by atoms with E-state index in [1.807, 2.05) is 25.1 Å². The number of nitrogens with one attached hydrogen (secondary N) is 2. The summed E-state index contributed by atoms with van der Waals surface area (Å²) in [4.78, 5) is 20.3. The van der Waals surface area contributed by atoms with Gasteiger partial charge in [-0.05, 0) is 37.1 Å². The van der Waals surface area contributed by atoms with Gasteiger partial charge in [0.2, 0.25) is 0 Å². The molecule has 0 bridgehead atoms. The van der Waals surface area contributed by atoms with E-state index in [0.29, 0.717) is 18.1 Å². The Morgan fingerprint density at radius 2 is 2.04 bits per heavy atom. The fourth-order valence-electron chi connectivity index (χ4n) is 2.12. The molecule has 23 heavy (non-hydrogen) atoms. The highest BCUT2D eigenvalue weighted by molar-refractivity contribution is 9.10. The van der Waals surface area contributed by atoms with Crippen LogP contribution in [-0.4, -0.2) is 22.4 Å². The molecule has 5 nitrogen and oxygen atoms in total. The van der Waals surface area contributed by atoms with Gasteiger partial charge in [0.15, 0.2) is 0 Å². The van der Waals surface area contributed by atoms with Gasteiger partial charge in [0.05, 0.1) is 0 Å². The molecule has 0 saturated heterocycles. The highest BCUT2D eigenvalue weighted by atomic mass is 79.9. The Morgan fingerprint density at radius 3 is 2.78 bits per heavy atom. The second-order valence-corrected chi connectivity index (χ2v) is 6.25. The van der Waals surface area contributed by atoms with Gasteiger partial charge in [0, 0.05) is 22.8 Å². The molecular formula is C17H21BrN4O. The van der Waals surface area contributed by atoms with Crippen molar-refractivity contribution >= 4 is 33.3 Å². The van der Waals surface area contributed by atoms with Crippen molar-refractivity contribution < 1.29 is 4.79 Å². The Hall–Kier alpha value is -1.95. The summed E-state index contributed by atoms with van der Waals surface area (Å²) in [6, 6.07) is 7.60. The van der Waals surface area contributed by atoms with Crippen molar-refractivity contribution in [2.45, 2.75) is 33.1 Å². The standard InChI is InChI=1S/C17H21BrN4O/c1-3-4-5-8-19-17(23)15-10-16(21-11-20-15)22-14-7-6-13(18)9-12(14)2/h6-7,9-11H,3-5,8H2,1-2H3,(H,19,23)(H,20,21,22). The summed E-state index contributed by atoms with van der Waals surface area (Å²) < 4.78 is 1.02. The summed E-state index contributed by atoms with van der Waals surface area (Å²) in [5.74, 6) is 0.434. The molecule has 122 valence electrons. The first-order valence-corrected chi connectivity index (χ1v) is 8.53. The van der Waals surface area contributed by atoms with Crippen LogP contribution in [0.3, 0.4) is 0 Å². The van der Waals surface area contributed by atoms with E-state index in [1.165, 1.54) is 6.33 Å². The lowest BCUT2D eigenvalue weighted by Crippen LogP contribution is -2.25. The Bertz CT molecular complexity index is 675. The van der Waals surface area contributed by atoms with E-state index in [1.54, 1.807) is 6.07 Å². The van der Waals surface area contributed by atoms with Crippen LogP contribution in [0, 0.1) is 6.92 Å². The zero-order valence-electron chi connectivity index (χ0n) is 13.4. The average molecular weight is 377 g/mol. The molecule has 1 aromatic heterocycles. The molecule has 0 radical (unpaired) electrons. The lowest BCUT2D eigenvalue weighted by atomic mass is 10.2. The minimum absolute atomic E-state index is 0.168. The molecule has 0 atom stereocenters. The first kappa shape index (κ1) is 17.4. The number of unbranched alkanes of at least 4 members (excludes halogenated alkanes) is 2. The van der Waals surface area contributed by atoms with Crippen LogP contribution in [0.25, 0.3) is 0 Å². The topological polar surface area (TPSA) is 66.9 Å². The molecule has 1 aromatic carbocycles. The van der Waals surface area contributed by atoms with Gasteiger partial charge in [-0.2, -0.15) is 0 Å². The van der Waals surface area contributed by atoms with Gasteiger partial charge in [-0.3, -0.25) is 4.79 Å². The van der Waals surface area contributed by atoms with Crippen LogP contribution in [-0.2, 0) is 0 Å². The molecule has 0 aliphatic rings. The zero-order chi connectivity index (χ0) is 16.7. The Labute approximate surface area is 145 Å². The van der Waals surface area contributed by atoms with Crippen LogP contribution in [0.4, 0.5) is 11.5 Å². The third kappa shape index (κ3) is 5.32. The second kappa shape index (κ2) is 8.62. The number of hydrogen-bond donors (Lipinski definition) is 2. The van der Waals surface area contributed by atoms with Crippen molar-refractivity contribution in [3.05, 3.63) is 46.3 Å². The molecule has 1 amide bonds. The van der Waals surface area contributed by atoms with E-state index < -0.39 is 0 Å². The van der Waals surface area contributed by atoms with Crippen LogP contribution in [0.5, 0.6) is 0 Å². The minimum Gasteiger partial charge on any atom is -0.351 e.